The Labute approximate surface area is 168 Å². The molecule has 0 bridgehead atoms. The number of anilines is 1. The van der Waals surface area contributed by atoms with E-state index in [4.69, 9.17) is 16.3 Å². The lowest BCUT2D eigenvalue weighted by Gasteiger charge is -2.26. The molecular weight excluding hydrogens is 404 g/mol. The number of hydrogen-bond acceptors (Lipinski definition) is 5. The van der Waals surface area contributed by atoms with Crippen LogP contribution < -0.4 is 10.3 Å². The van der Waals surface area contributed by atoms with Crippen LogP contribution in [0.1, 0.15) is 54.1 Å². The van der Waals surface area contributed by atoms with Crippen molar-refractivity contribution in [3.63, 3.8) is 0 Å². The number of fused-ring (bicyclic) bond motifs is 1. The lowest BCUT2D eigenvalue weighted by atomic mass is 9.83. The zero-order valence-electron chi connectivity index (χ0n) is 15.9. The summed E-state index contributed by atoms with van der Waals surface area (Å²) in [6, 6.07) is 6.31. The molecule has 150 valence electrons. The Bertz CT molecular complexity index is 1100. The van der Waals surface area contributed by atoms with E-state index >= 15 is 0 Å². The molecule has 0 amide bonds. The van der Waals surface area contributed by atoms with Crippen molar-refractivity contribution in [3.05, 3.63) is 62.0 Å². The van der Waals surface area contributed by atoms with Crippen molar-refractivity contribution in [1.82, 2.24) is 4.98 Å². The van der Waals surface area contributed by atoms with Gasteiger partial charge in [0.1, 0.15) is 11.8 Å². The summed E-state index contributed by atoms with van der Waals surface area (Å²) in [5, 5.41) is 0.484. The molecule has 1 aliphatic rings. The molecule has 0 fully saturated rings. The number of hydrogen-bond donors (Lipinski definition) is 2. The van der Waals surface area contributed by atoms with E-state index in [1.165, 1.54) is 0 Å². The van der Waals surface area contributed by atoms with Crippen molar-refractivity contribution in [2.75, 3.05) is 4.72 Å². The number of cyclic esters (lactones) is 1. The van der Waals surface area contributed by atoms with E-state index in [9.17, 15) is 18.0 Å². The van der Waals surface area contributed by atoms with E-state index in [0.29, 0.717) is 21.8 Å². The number of ether oxygens (including phenoxy) is 1. The molecule has 2 N–H and O–H groups in total. The van der Waals surface area contributed by atoms with Gasteiger partial charge in [-0.15, -0.1) is 0 Å². The maximum Gasteiger partial charge on any atom is 0.341 e. The number of nitrogens with one attached hydrogen (secondary N) is 2. The van der Waals surface area contributed by atoms with Gasteiger partial charge in [-0.05, 0) is 24.6 Å². The van der Waals surface area contributed by atoms with Gasteiger partial charge in [0.25, 0.3) is 5.56 Å². The molecule has 3 rings (SSSR count). The number of benzene rings is 1. The van der Waals surface area contributed by atoms with Crippen molar-refractivity contribution in [1.29, 1.82) is 0 Å². The Kier molecular flexibility index (Phi) is 5.05. The molecule has 0 radical (unpaired) electrons. The average Bonchev–Trinajstić information content (AvgIpc) is 2.92. The number of pyridine rings is 1. The van der Waals surface area contributed by atoms with Gasteiger partial charge in [0.05, 0.1) is 11.3 Å². The molecule has 28 heavy (non-hydrogen) atoms. The maximum absolute atomic E-state index is 12.6. The van der Waals surface area contributed by atoms with Gasteiger partial charge >= 0.3 is 5.97 Å². The third kappa shape index (κ3) is 3.93. The number of carbonyl (C=O) groups is 1. The van der Waals surface area contributed by atoms with Crippen LogP contribution >= 0.6 is 11.6 Å². The highest BCUT2D eigenvalue weighted by molar-refractivity contribution is 7.91. The van der Waals surface area contributed by atoms with E-state index in [1.54, 1.807) is 31.2 Å². The van der Waals surface area contributed by atoms with Crippen molar-refractivity contribution < 1.29 is 17.9 Å². The molecule has 0 saturated heterocycles. The fraction of sp³-hybridized carbons (Fsp3) is 0.368. The van der Waals surface area contributed by atoms with Gasteiger partial charge in [-0.25, -0.2) is 13.2 Å². The molecule has 7 nitrogen and oxygen atoms in total. The third-order valence-electron chi connectivity index (χ3n) is 4.46. The summed E-state index contributed by atoms with van der Waals surface area (Å²) in [4.78, 5) is 27.6. The number of aryl methyl sites for hydroxylation is 1. The minimum absolute atomic E-state index is 0.0270. The second-order valence-corrected chi connectivity index (χ2v) is 10.0. The predicted molar refractivity (Wildman–Crippen MR) is 107 cm³/mol. The van der Waals surface area contributed by atoms with Crippen LogP contribution in [0, 0.1) is 12.3 Å². The first-order chi connectivity index (χ1) is 12.9. The van der Waals surface area contributed by atoms with Crippen LogP contribution in [-0.4, -0.2) is 19.4 Å². The van der Waals surface area contributed by atoms with Gasteiger partial charge in [-0.2, -0.15) is 0 Å². The van der Waals surface area contributed by atoms with Crippen LogP contribution in [0.15, 0.2) is 29.1 Å². The van der Waals surface area contributed by atoms with E-state index in [0.717, 1.165) is 0 Å². The summed E-state index contributed by atoms with van der Waals surface area (Å²) < 4.78 is 33.0. The average molecular weight is 425 g/mol. The first-order valence-electron chi connectivity index (χ1n) is 8.62. The molecular formula is C19H21ClN2O5S. The second kappa shape index (κ2) is 6.93. The van der Waals surface area contributed by atoms with Crippen LogP contribution in [0.3, 0.4) is 0 Å². The first-order valence-corrected chi connectivity index (χ1v) is 10.6. The molecule has 1 aromatic heterocycles. The van der Waals surface area contributed by atoms with E-state index in [2.05, 4.69) is 9.71 Å². The van der Waals surface area contributed by atoms with E-state index in [-0.39, 0.29) is 17.0 Å². The zero-order chi connectivity index (χ0) is 20.9. The first kappa shape index (κ1) is 20.4. The molecule has 2 aromatic rings. The van der Waals surface area contributed by atoms with Crippen LogP contribution in [0.25, 0.3) is 0 Å². The van der Waals surface area contributed by atoms with Gasteiger partial charge in [0.15, 0.2) is 0 Å². The number of carbonyl (C=O) groups excluding carboxylic acids is 1. The number of halogens is 1. The Hall–Kier alpha value is -2.32. The maximum atomic E-state index is 12.6. The Morgan fingerprint density at radius 2 is 1.79 bits per heavy atom. The Balaban J connectivity index is 2.04. The zero-order valence-corrected chi connectivity index (χ0v) is 17.5. The molecule has 0 aliphatic carbocycles. The summed E-state index contributed by atoms with van der Waals surface area (Å²) in [6.45, 7) is 7.35. The molecule has 1 aliphatic heterocycles. The largest absolute Gasteiger partial charge is 0.453 e. The summed E-state index contributed by atoms with van der Waals surface area (Å²) in [5.41, 5.74) is 0.0122. The summed E-state index contributed by atoms with van der Waals surface area (Å²) in [5.74, 6) is -1.09. The van der Waals surface area contributed by atoms with Gasteiger partial charge in [-0.1, -0.05) is 44.5 Å². The highest BCUT2D eigenvalue weighted by atomic mass is 35.5. The predicted octanol–water partition coefficient (Wildman–Crippen LogP) is 3.54. The van der Waals surface area contributed by atoms with Gasteiger partial charge in [0, 0.05) is 21.7 Å². The molecule has 0 saturated carbocycles. The molecule has 1 atom stereocenters. The lowest BCUT2D eigenvalue weighted by Crippen LogP contribution is -2.25. The summed E-state index contributed by atoms with van der Waals surface area (Å²) in [7, 11) is -3.95. The Morgan fingerprint density at radius 3 is 2.36 bits per heavy atom. The molecule has 0 spiro atoms. The van der Waals surface area contributed by atoms with E-state index < -0.39 is 33.1 Å². The van der Waals surface area contributed by atoms with Crippen LogP contribution in [-0.2, 0) is 20.5 Å². The smallest absolute Gasteiger partial charge is 0.341 e. The normalized spacial score (nSPS) is 16.6. The Morgan fingerprint density at radius 1 is 1.18 bits per heavy atom. The number of aromatic amines is 1. The monoisotopic (exact) mass is 424 g/mol. The molecule has 2 heterocycles. The number of aromatic nitrogens is 1. The molecule has 9 heteroatoms. The minimum Gasteiger partial charge on any atom is -0.453 e. The molecule has 1 aromatic carbocycles. The van der Waals surface area contributed by atoms with Crippen molar-refractivity contribution in [2.24, 2.45) is 5.41 Å². The number of esters is 1. The fourth-order valence-corrected chi connectivity index (χ4v) is 4.53. The lowest BCUT2D eigenvalue weighted by molar-refractivity contribution is 0.00759. The molecule has 1 unspecified atom stereocenters. The topological polar surface area (TPSA) is 105 Å². The number of sulfonamides is 1. The van der Waals surface area contributed by atoms with Crippen molar-refractivity contribution >= 4 is 33.3 Å². The van der Waals surface area contributed by atoms with Gasteiger partial charge in [-0.3, -0.25) is 9.52 Å². The van der Waals surface area contributed by atoms with Gasteiger partial charge < -0.3 is 9.72 Å². The summed E-state index contributed by atoms with van der Waals surface area (Å²) in [6.07, 6.45) is -0.591. The van der Waals surface area contributed by atoms with Gasteiger partial charge in [0.2, 0.25) is 10.0 Å². The number of rotatable bonds is 4. The quantitative estimate of drug-likeness (QED) is 0.730. The van der Waals surface area contributed by atoms with Crippen LogP contribution in [0.4, 0.5) is 5.69 Å². The van der Waals surface area contributed by atoms with Crippen LogP contribution in [0.5, 0.6) is 0 Å². The van der Waals surface area contributed by atoms with Crippen molar-refractivity contribution in [3.8, 4) is 0 Å². The minimum atomic E-state index is -3.95. The fourth-order valence-electron chi connectivity index (χ4n) is 3.20. The standard InChI is InChI=1S/C19H21ClN2O5S/c1-10-13-14(18(24)27-16(13)19(2,3)4)15(17(23)21-10)22-28(25,26)9-11-5-7-12(20)8-6-11/h5-8,16,22H,9H2,1-4H3,(H,21,23). The van der Waals surface area contributed by atoms with Crippen molar-refractivity contribution in [2.45, 2.75) is 39.6 Å². The highest BCUT2D eigenvalue weighted by Crippen LogP contribution is 2.45. The number of H-pyrrole nitrogens is 1. The third-order valence-corrected chi connectivity index (χ3v) is 5.94. The highest BCUT2D eigenvalue weighted by Gasteiger charge is 2.43. The summed E-state index contributed by atoms with van der Waals surface area (Å²) >= 11 is 5.82. The second-order valence-electron chi connectivity index (χ2n) is 7.88. The SMILES string of the molecule is Cc1[nH]c(=O)c(NS(=O)(=O)Cc2ccc(Cl)cc2)c2c1C(C(C)(C)C)OC2=O. The van der Waals surface area contributed by atoms with E-state index in [1.807, 2.05) is 20.8 Å². The van der Waals surface area contributed by atoms with Crippen LogP contribution in [0.2, 0.25) is 5.02 Å².